The van der Waals surface area contributed by atoms with Gasteiger partial charge in [-0.05, 0) is 46.3 Å². The molecule has 1 rings (SSSR count). The highest BCUT2D eigenvalue weighted by Crippen LogP contribution is 2.28. The maximum absolute atomic E-state index is 5.26. The Hall–Kier alpha value is -0.700. The van der Waals surface area contributed by atoms with Gasteiger partial charge in [-0.1, -0.05) is 20.8 Å². The SMILES string of the molecule is COc1cc(NCCCC(C)(C)C)ccc1Br. The standard InChI is InChI=1S/C14H22BrNO/c1-14(2,3)8-5-9-16-11-6-7-12(15)13(10-11)17-4/h6-7,10,16H,5,8-9H2,1-4H3. The smallest absolute Gasteiger partial charge is 0.135 e. The van der Waals surface area contributed by atoms with Crippen LogP contribution < -0.4 is 10.1 Å². The second-order valence-corrected chi connectivity index (χ2v) is 6.29. The summed E-state index contributed by atoms with van der Waals surface area (Å²) < 4.78 is 6.25. The van der Waals surface area contributed by atoms with Crippen LogP contribution >= 0.6 is 15.9 Å². The van der Waals surface area contributed by atoms with Gasteiger partial charge < -0.3 is 10.1 Å². The number of benzene rings is 1. The number of halogens is 1. The van der Waals surface area contributed by atoms with Gasteiger partial charge in [0.2, 0.25) is 0 Å². The van der Waals surface area contributed by atoms with E-state index in [4.69, 9.17) is 4.74 Å². The molecule has 0 unspecified atom stereocenters. The predicted molar refractivity (Wildman–Crippen MR) is 77.9 cm³/mol. The molecule has 3 heteroatoms. The maximum Gasteiger partial charge on any atom is 0.135 e. The van der Waals surface area contributed by atoms with Crippen LogP contribution in [0.4, 0.5) is 5.69 Å². The maximum atomic E-state index is 5.26. The lowest BCUT2D eigenvalue weighted by Crippen LogP contribution is -2.09. The fraction of sp³-hybridized carbons (Fsp3) is 0.571. The van der Waals surface area contributed by atoms with E-state index in [1.165, 1.54) is 12.8 Å². The van der Waals surface area contributed by atoms with Gasteiger partial charge in [-0.25, -0.2) is 0 Å². The average Bonchev–Trinajstić information content (AvgIpc) is 2.25. The molecule has 2 nitrogen and oxygen atoms in total. The zero-order valence-electron chi connectivity index (χ0n) is 11.1. The topological polar surface area (TPSA) is 21.3 Å². The van der Waals surface area contributed by atoms with Gasteiger partial charge in [0, 0.05) is 18.3 Å². The molecule has 1 aromatic carbocycles. The lowest BCUT2D eigenvalue weighted by molar-refractivity contribution is 0.370. The van der Waals surface area contributed by atoms with Gasteiger partial charge in [-0.3, -0.25) is 0 Å². The summed E-state index contributed by atoms with van der Waals surface area (Å²) in [6.45, 7) is 7.82. The molecule has 0 aromatic heterocycles. The molecule has 0 aliphatic carbocycles. The highest BCUT2D eigenvalue weighted by atomic mass is 79.9. The summed E-state index contributed by atoms with van der Waals surface area (Å²) >= 11 is 3.45. The van der Waals surface area contributed by atoms with Crippen LogP contribution in [0.2, 0.25) is 0 Å². The van der Waals surface area contributed by atoms with E-state index in [1.807, 2.05) is 12.1 Å². The number of rotatable bonds is 5. The van der Waals surface area contributed by atoms with E-state index in [9.17, 15) is 0 Å². The largest absolute Gasteiger partial charge is 0.495 e. The van der Waals surface area contributed by atoms with E-state index in [2.05, 4.69) is 48.1 Å². The molecule has 0 atom stereocenters. The Morgan fingerprint density at radius 1 is 1.29 bits per heavy atom. The monoisotopic (exact) mass is 299 g/mol. The summed E-state index contributed by atoms with van der Waals surface area (Å²) in [5.41, 5.74) is 1.53. The van der Waals surface area contributed by atoms with Crippen LogP contribution in [0.15, 0.2) is 22.7 Å². The molecule has 0 spiro atoms. The van der Waals surface area contributed by atoms with Gasteiger partial charge in [0.15, 0.2) is 0 Å². The van der Waals surface area contributed by atoms with Crippen LogP contribution in [-0.4, -0.2) is 13.7 Å². The third kappa shape index (κ3) is 5.44. The van der Waals surface area contributed by atoms with E-state index in [1.54, 1.807) is 7.11 Å². The first-order valence-corrected chi connectivity index (χ1v) is 6.79. The summed E-state index contributed by atoms with van der Waals surface area (Å²) in [5.74, 6) is 0.867. The molecule has 0 saturated carbocycles. The fourth-order valence-corrected chi connectivity index (χ4v) is 2.03. The summed E-state index contributed by atoms with van der Waals surface area (Å²) in [5, 5.41) is 3.42. The van der Waals surface area contributed by atoms with E-state index in [-0.39, 0.29) is 0 Å². The Labute approximate surface area is 113 Å². The molecule has 0 aliphatic rings. The summed E-state index contributed by atoms with van der Waals surface area (Å²) in [6, 6.07) is 6.08. The van der Waals surface area contributed by atoms with Gasteiger partial charge >= 0.3 is 0 Å². The second kappa shape index (κ2) is 6.29. The normalized spacial score (nSPS) is 11.4. The van der Waals surface area contributed by atoms with Crippen LogP contribution in [0, 0.1) is 5.41 Å². The van der Waals surface area contributed by atoms with Crippen LogP contribution in [0.1, 0.15) is 33.6 Å². The van der Waals surface area contributed by atoms with Crippen molar-refractivity contribution in [3.05, 3.63) is 22.7 Å². The number of methoxy groups -OCH3 is 1. The van der Waals surface area contributed by atoms with E-state index in [0.717, 1.165) is 22.5 Å². The molecule has 0 radical (unpaired) electrons. The fourth-order valence-electron chi connectivity index (χ4n) is 1.62. The second-order valence-electron chi connectivity index (χ2n) is 5.44. The van der Waals surface area contributed by atoms with Crippen LogP contribution in [0.5, 0.6) is 5.75 Å². The summed E-state index contributed by atoms with van der Waals surface area (Å²) in [4.78, 5) is 0. The molecule has 0 bridgehead atoms. The van der Waals surface area contributed by atoms with Crippen molar-refractivity contribution in [1.82, 2.24) is 0 Å². The minimum atomic E-state index is 0.416. The molecule has 0 heterocycles. The van der Waals surface area contributed by atoms with Gasteiger partial charge in [0.1, 0.15) is 5.75 Å². The Kier molecular flexibility index (Phi) is 5.31. The predicted octanol–water partition coefficient (Wildman–Crippen LogP) is 4.70. The van der Waals surface area contributed by atoms with Crippen molar-refractivity contribution < 1.29 is 4.74 Å². The molecular formula is C14H22BrNO. The number of hydrogen-bond donors (Lipinski definition) is 1. The first-order chi connectivity index (χ1) is 7.92. The van der Waals surface area contributed by atoms with E-state index < -0.39 is 0 Å². The third-order valence-electron chi connectivity index (χ3n) is 2.58. The number of anilines is 1. The van der Waals surface area contributed by atoms with Crippen LogP contribution in [0.25, 0.3) is 0 Å². The molecule has 0 aliphatic heterocycles. The number of hydrogen-bond acceptors (Lipinski definition) is 2. The zero-order valence-corrected chi connectivity index (χ0v) is 12.7. The molecule has 0 amide bonds. The summed E-state index contributed by atoms with van der Waals surface area (Å²) in [7, 11) is 1.68. The Balaban J connectivity index is 2.42. The molecule has 0 saturated heterocycles. The highest BCUT2D eigenvalue weighted by molar-refractivity contribution is 9.10. The van der Waals surface area contributed by atoms with Crippen molar-refractivity contribution in [3.8, 4) is 5.75 Å². The average molecular weight is 300 g/mol. The van der Waals surface area contributed by atoms with Crippen LogP contribution in [-0.2, 0) is 0 Å². The molecule has 17 heavy (non-hydrogen) atoms. The molecule has 1 N–H and O–H groups in total. The number of ether oxygens (including phenoxy) is 1. The quantitative estimate of drug-likeness (QED) is 0.796. The first-order valence-electron chi connectivity index (χ1n) is 6.00. The molecule has 96 valence electrons. The minimum absolute atomic E-state index is 0.416. The van der Waals surface area contributed by atoms with Gasteiger partial charge in [-0.15, -0.1) is 0 Å². The highest BCUT2D eigenvalue weighted by Gasteiger charge is 2.08. The lowest BCUT2D eigenvalue weighted by Gasteiger charge is -2.18. The summed E-state index contributed by atoms with van der Waals surface area (Å²) in [6.07, 6.45) is 2.41. The Morgan fingerprint density at radius 2 is 2.00 bits per heavy atom. The van der Waals surface area contributed by atoms with Crippen molar-refractivity contribution >= 4 is 21.6 Å². The van der Waals surface area contributed by atoms with Crippen molar-refractivity contribution in [2.75, 3.05) is 19.0 Å². The zero-order chi connectivity index (χ0) is 12.9. The van der Waals surface area contributed by atoms with E-state index in [0.29, 0.717) is 5.41 Å². The molecule has 0 fully saturated rings. The molecular weight excluding hydrogens is 278 g/mol. The Bertz CT molecular complexity index is 358. The van der Waals surface area contributed by atoms with Crippen molar-refractivity contribution in [2.45, 2.75) is 33.6 Å². The van der Waals surface area contributed by atoms with Crippen molar-refractivity contribution in [3.63, 3.8) is 0 Å². The number of nitrogens with one attached hydrogen (secondary N) is 1. The molecule has 1 aromatic rings. The van der Waals surface area contributed by atoms with Crippen molar-refractivity contribution in [1.29, 1.82) is 0 Å². The van der Waals surface area contributed by atoms with Crippen molar-refractivity contribution in [2.24, 2.45) is 5.41 Å². The van der Waals surface area contributed by atoms with Gasteiger partial charge in [-0.2, -0.15) is 0 Å². The van der Waals surface area contributed by atoms with E-state index >= 15 is 0 Å². The van der Waals surface area contributed by atoms with Gasteiger partial charge in [0.25, 0.3) is 0 Å². The first kappa shape index (κ1) is 14.4. The Morgan fingerprint density at radius 3 is 2.59 bits per heavy atom. The van der Waals surface area contributed by atoms with Crippen LogP contribution in [0.3, 0.4) is 0 Å². The third-order valence-corrected chi connectivity index (χ3v) is 3.24. The van der Waals surface area contributed by atoms with Gasteiger partial charge in [0.05, 0.1) is 11.6 Å². The minimum Gasteiger partial charge on any atom is -0.495 e. The lowest BCUT2D eigenvalue weighted by atomic mass is 9.91.